The summed E-state index contributed by atoms with van der Waals surface area (Å²) in [4.78, 5) is 34.3. The van der Waals surface area contributed by atoms with Crippen molar-refractivity contribution in [3.05, 3.63) is 59.9 Å². The molecular weight excluding hydrogens is 388 g/mol. The normalized spacial score (nSPS) is 16.3. The number of nitrogens with zero attached hydrogens (tertiary/aromatic N) is 4. The number of benzene rings is 2. The number of aromatic nitrogens is 2. The summed E-state index contributed by atoms with van der Waals surface area (Å²) >= 11 is 0. The number of unbranched alkanes of at least 4 members (excludes halogenated alkanes) is 1. The minimum atomic E-state index is -0.0471. The summed E-state index contributed by atoms with van der Waals surface area (Å²) in [5, 5.41) is 0. The van der Waals surface area contributed by atoms with Gasteiger partial charge < -0.3 is 14.4 Å². The fourth-order valence-corrected chi connectivity index (χ4v) is 4.27. The minimum absolute atomic E-state index is 0.0471. The first kappa shape index (κ1) is 21.1. The predicted octanol–water partition coefficient (Wildman–Crippen LogP) is 4.12. The fraction of sp³-hybridized carbons (Fsp3) is 0.400. The van der Waals surface area contributed by atoms with Gasteiger partial charge in [0.2, 0.25) is 11.8 Å². The van der Waals surface area contributed by atoms with Crippen LogP contribution in [0.4, 0.5) is 5.69 Å². The van der Waals surface area contributed by atoms with E-state index in [2.05, 4.69) is 6.92 Å². The monoisotopic (exact) mass is 418 g/mol. The van der Waals surface area contributed by atoms with Gasteiger partial charge in [0.05, 0.1) is 11.0 Å². The van der Waals surface area contributed by atoms with E-state index >= 15 is 0 Å². The van der Waals surface area contributed by atoms with Crippen LogP contribution >= 0.6 is 0 Å². The molecule has 3 aromatic rings. The van der Waals surface area contributed by atoms with Gasteiger partial charge in [0.25, 0.3) is 0 Å². The lowest BCUT2D eigenvalue weighted by Gasteiger charge is -2.20. The Morgan fingerprint density at radius 1 is 1.19 bits per heavy atom. The zero-order valence-corrected chi connectivity index (χ0v) is 18.5. The van der Waals surface area contributed by atoms with Crippen molar-refractivity contribution in [3.8, 4) is 0 Å². The quantitative estimate of drug-likeness (QED) is 0.580. The molecule has 6 heteroatoms. The summed E-state index contributed by atoms with van der Waals surface area (Å²) in [6.45, 7) is 5.72. The molecule has 1 fully saturated rings. The lowest BCUT2D eigenvalue weighted by atomic mass is 10.1. The SMILES string of the molecule is CCCCN(C)C(=O)Cn1c(C2CC(=O)N(c3cccc(C)c3)C2)nc2ccccc21. The first-order chi connectivity index (χ1) is 15.0. The molecule has 2 aromatic carbocycles. The Morgan fingerprint density at radius 3 is 2.77 bits per heavy atom. The largest absolute Gasteiger partial charge is 0.344 e. The molecule has 1 atom stereocenters. The van der Waals surface area contributed by atoms with Crippen molar-refractivity contribution in [1.82, 2.24) is 14.5 Å². The molecule has 1 aliphatic rings. The molecule has 6 nitrogen and oxygen atoms in total. The van der Waals surface area contributed by atoms with Gasteiger partial charge in [-0.15, -0.1) is 0 Å². The number of carbonyl (C=O) groups excluding carboxylic acids is 2. The highest BCUT2D eigenvalue weighted by molar-refractivity contribution is 5.96. The van der Waals surface area contributed by atoms with E-state index in [0.717, 1.165) is 47.5 Å². The molecule has 0 spiro atoms. The van der Waals surface area contributed by atoms with Gasteiger partial charge in [-0.3, -0.25) is 9.59 Å². The van der Waals surface area contributed by atoms with Crippen LogP contribution in [0, 0.1) is 6.92 Å². The Balaban J connectivity index is 1.64. The van der Waals surface area contributed by atoms with Gasteiger partial charge >= 0.3 is 0 Å². The first-order valence-electron chi connectivity index (χ1n) is 11.0. The van der Waals surface area contributed by atoms with Crippen molar-refractivity contribution in [2.75, 3.05) is 25.0 Å². The number of anilines is 1. The number of fused-ring (bicyclic) bond motifs is 1. The number of hydrogen-bond donors (Lipinski definition) is 0. The molecule has 2 amide bonds. The summed E-state index contributed by atoms with van der Waals surface area (Å²) in [5.74, 6) is 0.939. The molecule has 31 heavy (non-hydrogen) atoms. The third-order valence-corrected chi connectivity index (χ3v) is 6.05. The molecule has 2 heterocycles. The van der Waals surface area contributed by atoms with Gasteiger partial charge in [0.15, 0.2) is 0 Å². The molecular formula is C25H30N4O2. The second-order valence-electron chi connectivity index (χ2n) is 8.46. The molecule has 0 N–H and O–H groups in total. The fourth-order valence-electron chi connectivity index (χ4n) is 4.27. The number of likely N-dealkylation sites (N-methyl/N-ethyl adjacent to an activating group) is 1. The second-order valence-corrected chi connectivity index (χ2v) is 8.46. The molecule has 0 aliphatic carbocycles. The summed E-state index contributed by atoms with van der Waals surface area (Å²) in [6.07, 6.45) is 2.44. The highest BCUT2D eigenvalue weighted by Gasteiger charge is 2.35. The van der Waals surface area contributed by atoms with E-state index in [-0.39, 0.29) is 24.3 Å². The van der Waals surface area contributed by atoms with E-state index in [1.165, 1.54) is 0 Å². The van der Waals surface area contributed by atoms with Crippen molar-refractivity contribution in [3.63, 3.8) is 0 Å². The maximum atomic E-state index is 12.9. The molecule has 0 radical (unpaired) electrons. The maximum Gasteiger partial charge on any atom is 0.242 e. The Bertz CT molecular complexity index is 1100. The number of rotatable bonds is 7. The van der Waals surface area contributed by atoms with Crippen LogP contribution < -0.4 is 4.90 Å². The predicted molar refractivity (Wildman–Crippen MR) is 123 cm³/mol. The number of para-hydroxylation sites is 2. The number of carbonyl (C=O) groups is 2. The third kappa shape index (κ3) is 4.33. The molecule has 0 bridgehead atoms. The van der Waals surface area contributed by atoms with Gasteiger partial charge in [0, 0.05) is 38.2 Å². The maximum absolute atomic E-state index is 12.9. The number of aryl methyl sites for hydroxylation is 1. The van der Waals surface area contributed by atoms with Crippen LogP contribution in [-0.2, 0) is 16.1 Å². The highest BCUT2D eigenvalue weighted by Crippen LogP contribution is 2.33. The van der Waals surface area contributed by atoms with E-state index in [4.69, 9.17) is 4.98 Å². The molecule has 1 unspecified atom stereocenters. The van der Waals surface area contributed by atoms with E-state index in [1.807, 2.05) is 72.0 Å². The van der Waals surface area contributed by atoms with E-state index in [9.17, 15) is 9.59 Å². The van der Waals surface area contributed by atoms with E-state index < -0.39 is 0 Å². The Hall–Kier alpha value is -3.15. The van der Waals surface area contributed by atoms with Crippen LogP contribution in [0.5, 0.6) is 0 Å². The van der Waals surface area contributed by atoms with Gasteiger partial charge in [-0.2, -0.15) is 0 Å². The Labute approximate surface area is 183 Å². The third-order valence-electron chi connectivity index (χ3n) is 6.05. The van der Waals surface area contributed by atoms with Gasteiger partial charge in [-0.05, 0) is 43.2 Å². The van der Waals surface area contributed by atoms with Crippen molar-refractivity contribution in [2.45, 2.75) is 45.6 Å². The van der Waals surface area contributed by atoms with Crippen LogP contribution in [-0.4, -0.2) is 46.4 Å². The lowest BCUT2D eigenvalue weighted by Crippen LogP contribution is -2.32. The van der Waals surface area contributed by atoms with Crippen molar-refractivity contribution < 1.29 is 9.59 Å². The van der Waals surface area contributed by atoms with Crippen LogP contribution in [0.15, 0.2) is 48.5 Å². The molecule has 4 rings (SSSR count). The average Bonchev–Trinajstić information content (AvgIpc) is 3.32. The van der Waals surface area contributed by atoms with Crippen LogP contribution in [0.2, 0.25) is 0 Å². The summed E-state index contributed by atoms with van der Waals surface area (Å²) in [5.41, 5.74) is 3.85. The van der Waals surface area contributed by atoms with Crippen molar-refractivity contribution in [2.24, 2.45) is 0 Å². The molecule has 1 aliphatic heterocycles. The van der Waals surface area contributed by atoms with Crippen LogP contribution in [0.3, 0.4) is 0 Å². The Morgan fingerprint density at radius 2 is 2.00 bits per heavy atom. The standard InChI is InChI=1S/C25H30N4O2/c1-4-5-13-27(3)24(31)17-29-22-12-7-6-11-21(22)26-25(29)19-15-23(30)28(16-19)20-10-8-9-18(2)14-20/h6-12,14,19H,4-5,13,15-17H2,1-3H3. The summed E-state index contributed by atoms with van der Waals surface area (Å²) < 4.78 is 2.01. The lowest BCUT2D eigenvalue weighted by molar-refractivity contribution is -0.130. The second kappa shape index (κ2) is 8.92. The van der Waals surface area contributed by atoms with Crippen LogP contribution in [0.1, 0.15) is 43.5 Å². The van der Waals surface area contributed by atoms with Gasteiger partial charge in [-0.1, -0.05) is 37.6 Å². The van der Waals surface area contributed by atoms with Crippen molar-refractivity contribution >= 4 is 28.5 Å². The number of hydrogen-bond acceptors (Lipinski definition) is 3. The molecule has 1 saturated heterocycles. The van der Waals surface area contributed by atoms with Gasteiger partial charge in [0.1, 0.15) is 12.4 Å². The molecule has 0 saturated carbocycles. The zero-order chi connectivity index (χ0) is 22.0. The number of imidazole rings is 1. The smallest absolute Gasteiger partial charge is 0.242 e. The Kier molecular flexibility index (Phi) is 6.07. The van der Waals surface area contributed by atoms with Crippen LogP contribution in [0.25, 0.3) is 11.0 Å². The summed E-state index contributed by atoms with van der Waals surface area (Å²) in [6, 6.07) is 15.9. The molecule has 162 valence electrons. The van der Waals surface area contributed by atoms with E-state index in [1.54, 1.807) is 4.90 Å². The highest BCUT2D eigenvalue weighted by atomic mass is 16.2. The zero-order valence-electron chi connectivity index (χ0n) is 18.5. The van der Waals surface area contributed by atoms with Gasteiger partial charge in [-0.25, -0.2) is 4.98 Å². The van der Waals surface area contributed by atoms with E-state index in [0.29, 0.717) is 13.0 Å². The summed E-state index contributed by atoms with van der Waals surface area (Å²) in [7, 11) is 1.86. The average molecular weight is 419 g/mol. The molecule has 1 aromatic heterocycles. The topological polar surface area (TPSA) is 58.4 Å². The van der Waals surface area contributed by atoms with Crippen molar-refractivity contribution in [1.29, 1.82) is 0 Å². The minimum Gasteiger partial charge on any atom is -0.344 e. The first-order valence-corrected chi connectivity index (χ1v) is 11.0. The number of amides is 2.